The molecule has 7 heavy (non-hydrogen) atoms. The Labute approximate surface area is 43.7 Å². The van der Waals surface area contributed by atoms with Gasteiger partial charge in [-0.25, -0.2) is 0 Å². The lowest BCUT2D eigenvalue weighted by Gasteiger charge is -1.66. The fourth-order valence-electron chi connectivity index (χ4n) is 1.97. The zero-order chi connectivity index (χ0) is 4.86. The molecule has 4 aliphatic carbocycles. The summed E-state index contributed by atoms with van der Waals surface area (Å²) >= 11 is 0. The molecule has 1 nitrogen and oxygen atoms in total. The average molecular weight is 112 g/mol. The van der Waals surface area contributed by atoms with Crippen molar-refractivity contribution in [3.63, 3.8) is 0 Å². The summed E-state index contributed by atoms with van der Waals surface area (Å²) in [6.07, 6.45) is 1.15. The smallest absolute Gasteiger partial charge is 0.127 e. The Hall–Kier alpha value is 0.100. The minimum Gasteiger partial charge on any atom is -0.303 e. The molecule has 3 unspecified atom stereocenters. The minimum atomic E-state index is 0.262. The van der Waals surface area contributed by atoms with Gasteiger partial charge < -0.3 is 4.79 Å². The summed E-state index contributed by atoms with van der Waals surface area (Å²) in [5.74, 6) is 1.67. The molecule has 0 aromatic carbocycles. The third kappa shape index (κ3) is 0.0995. The molecular formula is C5H5OP. The van der Waals surface area contributed by atoms with Crippen molar-refractivity contribution in [2.24, 2.45) is 17.3 Å². The van der Waals surface area contributed by atoms with Crippen LogP contribution in [0.4, 0.5) is 0 Å². The zero-order valence-corrected chi connectivity index (χ0v) is 4.87. The first-order chi connectivity index (χ1) is 3.30. The SMILES string of the molecule is O=CC12C3C1C32P. The van der Waals surface area contributed by atoms with Crippen LogP contribution < -0.4 is 0 Å². The zero-order valence-electron chi connectivity index (χ0n) is 3.72. The van der Waals surface area contributed by atoms with Gasteiger partial charge in [0.05, 0.1) is 0 Å². The summed E-state index contributed by atoms with van der Waals surface area (Å²) in [5.41, 5.74) is 0.262. The summed E-state index contributed by atoms with van der Waals surface area (Å²) in [6.45, 7) is 0. The Balaban J connectivity index is 2.21. The lowest BCUT2D eigenvalue weighted by molar-refractivity contribution is -0.109. The van der Waals surface area contributed by atoms with Gasteiger partial charge in [0.15, 0.2) is 0 Å². The third-order valence-electron chi connectivity index (χ3n) is 2.95. The molecule has 4 saturated carbocycles. The number of hydrogen-bond acceptors (Lipinski definition) is 1. The van der Waals surface area contributed by atoms with E-state index in [1.165, 1.54) is 0 Å². The molecule has 0 saturated heterocycles. The van der Waals surface area contributed by atoms with Crippen LogP contribution >= 0.6 is 9.24 Å². The van der Waals surface area contributed by atoms with Gasteiger partial charge in [-0.05, 0) is 11.8 Å². The van der Waals surface area contributed by atoms with E-state index >= 15 is 0 Å². The first-order valence-electron chi connectivity index (χ1n) is 2.55. The van der Waals surface area contributed by atoms with Crippen LogP contribution in [-0.4, -0.2) is 11.4 Å². The molecule has 0 aromatic rings. The molecule has 0 heterocycles. The molecule has 3 atom stereocenters. The van der Waals surface area contributed by atoms with Crippen LogP contribution in [0, 0.1) is 17.3 Å². The van der Waals surface area contributed by atoms with Crippen molar-refractivity contribution < 1.29 is 4.79 Å². The molecule has 0 radical (unpaired) electrons. The van der Waals surface area contributed by atoms with Crippen molar-refractivity contribution in [1.29, 1.82) is 0 Å². The molecule has 0 amide bonds. The minimum absolute atomic E-state index is 0.262. The molecule has 0 bridgehead atoms. The predicted molar refractivity (Wildman–Crippen MR) is 27.9 cm³/mol. The molecule has 36 valence electrons. The molecule has 0 aliphatic heterocycles. The Bertz CT molecular complexity index is 177. The number of aldehydes is 1. The summed E-state index contributed by atoms with van der Waals surface area (Å²) < 4.78 is 0. The number of carbonyl (C=O) groups excluding carboxylic acids is 1. The second-order valence-electron chi connectivity index (χ2n) is 2.94. The lowest BCUT2D eigenvalue weighted by Crippen LogP contribution is -1.75. The molecule has 4 fully saturated rings. The second-order valence-corrected chi connectivity index (χ2v) is 3.89. The average Bonchev–Trinajstić information content (AvgIpc) is 2.38. The molecule has 0 spiro atoms. The molecule has 0 aromatic heterocycles. The van der Waals surface area contributed by atoms with Crippen LogP contribution in [0.15, 0.2) is 0 Å². The van der Waals surface area contributed by atoms with Gasteiger partial charge in [0.25, 0.3) is 0 Å². The standard InChI is InChI=1S/C5H5OP/c6-1-4-2-3(4)5(2,4)7/h1-3H,7H2. The predicted octanol–water partition coefficient (Wildman–Crippen LogP) is 0.0588. The maximum Gasteiger partial charge on any atom is 0.127 e. The fourth-order valence-corrected chi connectivity index (χ4v) is 3.07. The van der Waals surface area contributed by atoms with Crippen molar-refractivity contribution in [2.45, 2.75) is 5.16 Å². The van der Waals surface area contributed by atoms with Crippen LogP contribution in [0.1, 0.15) is 0 Å². The maximum absolute atomic E-state index is 10.1. The normalized spacial score (nSPS) is 87.6. The van der Waals surface area contributed by atoms with E-state index in [4.69, 9.17) is 0 Å². The monoisotopic (exact) mass is 112 g/mol. The highest BCUT2D eigenvalue weighted by molar-refractivity contribution is 7.22. The van der Waals surface area contributed by atoms with E-state index in [0.29, 0.717) is 5.16 Å². The van der Waals surface area contributed by atoms with Crippen molar-refractivity contribution in [3.05, 3.63) is 0 Å². The van der Waals surface area contributed by atoms with Gasteiger partial charge in [0.2, 0.25) is 0 Å². The Kier molecular flexibility index (Phi) is 0.198. The highest BCUT2D eigenvalue weighted by atomic mass is 31.0. The summed E-state index contributed by atoms with van der Waals surface area (Å²) in [7, 11) is 2.78. The first kappa shape index (κ1) is 3.19. The van der Waals surface area contributed by atoms with E-state index in [-0.39, 0.29) is 5.41 Å². The largest absolute Gasteiger partial charge is 0.303 e. The summed E-state index contributed by atoms with van der Waals surface area (Å²) in [5, 5.41) is 0.495. The highest BCUT2D eigenvalue weighted by Crippen LogP contribution is 3.14. The fraction of sp³-hybridized carbons (Fsp3) is 0.800. The van der Waals surface area contributed by atoms with Crippen molar-refractivity contribution in [3.8, 4) is 0 Å². The molecule has 4 aliphatic rings. The van der Waals surface area contributed by atoms with Crippen molar-refractivity contribution in [2.75, 3.05) is 0 Å². The van der Waals surface area contributed by atoms with Crippen molar-refractivity contribution in [1.82, 2.24) is 0 Å². The van der Waals surface area contributed by atoms with E-state index in [0.717, 1.165) is 18.1 Å². The van der Waals surface area contributed by atoms with Gasteiger partial charge >= 0.3 is 0 Å². The van der Waals surface area contributed by atoms with Crippen molar-refractivity contribution >= 4 is 15.5 Å². The molecular weight excluding hydrogens is 107 g/mol. The van der Waals surface area contributed by atoms with E-state index < -0.39 is 0 Å². The van der Waals surface area contributed by atoms with Crippen LogP contribution in [0.5, 0.6) is 0 Å². The maximum atomic E-state index is 10.1. The van der Waals surface area contributed by atoms with Crippen LogP contribution in [0.3, 0.4) is 0 Å². The number of rotatable bonds is 1. The Morgan fingerprint density at radius 2 is 2.00 bits per heavy atom. The van der Waals surface area contributed by atoms with Crippen LogP contribution in [0.2, 0.25) is 0 Å². The van der Waals surface area contributed by atoms with Gasteiger partial charge in [-0.3, -0.25) is 0 Å². The van der Waals surface area contributed by atoms with E-state index in [9.17, 15) is 4.79 Å². The highest BCUT2D eigenvalue weighted by Gasteiger charge is 3.18. The molecule has 2 heteroatoms. The quantitative estimate of drug-likeness (QED) is 0.346. The number of hydrogen-bond donors (Lipinski definition) is 0. The van der Waals surface area contributed by atoms with Gasteiger partial charge in [-0.2, -0.15) is 0 Å². The number of carbonyl (C=O) groups is 1. The Morgan fingerprint density at radius 3 is 2.00 bits per heavy atom. The van der Waals surface area contributed by atoms with Gasteiger partial charge in [0.1, 0.15) is 6.29 Å². The lowest BCUT2D eigenvalue weighted by atomic mass is 10.5. The summed E-state index contributed by atoms with van der Waals surface area (Å²) in [4.78, 5) is 10.1. The topological polar surface area (TPSA) is 17.1 Å². The van der Waals surface area contributed by atoms with E-state index in [1.54, 1.807) is 0 Å². The van der Waals surface area contributed by atoms with Gasteiger partial charge in [0, 0.05) is 10.6 Å². The first-order valence-corrected chi connectivity index (χ1v) is 3.13. The Morgan fingerprint density at radius 1 is 1.57 bits per heavy atom. The van der Waals surface area contributed by atoms with Gasteiger partial charge in [-0.15, -0.1) is 9.24 Å². The van der Waals surface area contributed by atoms with E-state index in [1.807, 2.05) is 0 Å². The summed E-state index contributed by atoms with van der Waals surface area (Å²) in [6, 6.07) is 0. The second kappa shape index (κ2) is 0.435. The molecule has 4 rings (SSSR count). The molecule has 0 N–H and O–H groups in total. The third-order valence-corrected chi connectivity index (χ3v) is 4.17. The van der Waals surface area contributed by atoms with E-state index in [2.05, 4.69) is 9.24 Å². The van der Waals surface area contributed by atoms with Crippen LogP contribution in [-0.2, 0) is 4.79 Å². The van der Waals surface area contributed by atoms with Crippen LogP contribution in [0.25, 0.3) is 0 Å². The van der Waals surface area contributed by atoms with Gasteiger partial charge in [-0.1, -0.05) is 0 Å².